The Balaban J connectivity index is 1.79. The van der Waals surface area contributed by atoms with Gasteiger partial charge in [-0.05, 0) is 59.7 Å². The smallest absolute Gasteiger partial charge is 0.0208 e. The standard InChI is InChI=1S/C15H19NS2/c1-12(9-14-7-8-18-11-14)16-10-13-3-5-15(17-2)6-4-13/h3-8,11-12,16H,9-10H2,1-2H3. The Morgan fingerprint density at radius 2 is 1.94 bits per heavy atom. The average molecular weight is 277 g/mol. The zero-order valence-electron chi connectivity index (χ0n) is 10.8. The Labute approximate surface area is 118 Å². The molecular weight excluding hydrogens is 258 g/mol. The van der Waals surface area contributed by atoms with Gasteiger partial charge in [0.2, 0.25) is 0 Å². The Bertz CT molecular complexity index is 448. The number of hydrogen-bond donors (Lipinski definition) is 1. The van der Waals surface area contributed by atoms with Crippen LogP contribution in [0.5, 0.6) is 0 Å². The molecule has 96 valence electrons. The van der Waals surface area contributed by atoms with Crippen molar-refractivity contribution in [3.8, 4) is 0 Å². The molecule has 2 aromatic rings. The van der Waals surface area contributed by atoms with Gasteiger partial charge in [0.05, 0.1) is 0 Å². The molecule has 0 aliphatic heterocycles. The molecule has 1 N–H and O–H groups in total. The molecule has 0 aliphatic rings. The second kappa shape index (κ2) is 6.98. The van der Waals surface area contributed by atoms with E-state index in [2.05, 4.69) is 59.6 Å². The summed E-state index contributed by atoms with van der Waals surface area (Å²) in [6.07, 6.45) is 3.21. The van der Waals surface area contributed by atoms with Crippen molar-refractivity contribution >= 4 is 23.1 Å². The topological polar surface area (TPSA) is 12.0 Å². The predicted molar refractivity (Wildman–Crippen MR) is 82.5 cm³/mol. The Kier molecular flexibility index (Phi) is 5.29. The van der Waals surface area contributed by atoms with Crippen LogP contribution >= 0.6 is 23.1 Å². The Morgan fingerprint density at radius 3 is 2.56 bits per heavy atom. The first kappa shape index (κ1) is 13.7. The van der Waals surface area contributed by atoms with E-state index in [4.69, 9.17) is 0 Å². The van der Waals surface area contributed by atoms with Gasteiger partial charge in [-0.15, -0.1) is 11.8 Å². The fourth-order valence-electron chi connectivity index (χ4n) is 1.87. The van der Waals surface area contributed by atoms with Gasteiger partial charge >= 0.3 is 0 Å². The fraction of sp³-hybridized carbons (Fsp3) is 0.333. The Hall–Kier alpha value is -0.770. The fourth-order valence-corrected chi connectivity index (χ4v) is 2.96. The lowest BCUT2D eigenvalue weighted by Gasteiger charge is -2.13. The third-order valence-electron chi connectivity index (χ3n) is 2.94. The number of rotatable bonds is 6. The highest BCUT2D eigenvalue weighted by atomic mass is 32.2. The van der Waals surface area contributed by atoms with Gasteiger partial charge in [-0.1, -0.05) is 12.1 Å². The largest absolute Gasteiger partial charge is 0.310 e. The van der Waals surface area contributed by atoms with Crippen molar-refractivity contribution < 1.29 is 0 Å². The van der Waals surface area contributed by atoms with Crippen molar-refractivity contribution in [2.24, 2.45) is 0 Å². The summed E-state index contributed by atoms with van der Waals surface area (Å²) in [6.45, 7) is 3.19. The van der Waals surface area contributed by atoms with Crippen LogP contribution < -0.4 is 5.32 Å². The van der Waals surface area contributed by atoms with Crippen molar-refractivity contribution in [1.82, 2.24) is 5.32 Å². The molecule has 2 rings (SSSR count). The molecular formula is C15H19NS2. The molecule has 0 amide bonds. The summed E-state index contributed by atoms with van der Waals surface area (Å²) in [5.74, 6) is 0. The summed E-state index contributed by atoms with van der Waals surface area (Å²) < 4.78 is 0. The first-order valence-electron chi connectivity index (χ1n) is 6.15. The van der Waals surface area contributed by atoms with Crippen LogP contribution in [0.1, 0.15) is 18.1 Å². The van der Waals surface area contributed by atoms with Crippen LogP contribution in [0.15, 0.2) is 46.0 Å². The predicted octanol–water partition coefficient (Wildman–Crippen LogP) is 4.19. The quantitative estimate of drug-likeness (QED) is 0.795. The molecule has 0 fully saturated rings. The zero-order chi connectivity index (χ0) is 12.8. The molecule has 1 aromatic heterocycles. The van der Waals surface area contributed by atoms with Gasteiger partial charge in [0.1, 0.15) is 0 Å². The van der Waals surface area contributed by atoms with Crippen molar-refractivity contribution in [1.29, 1.82) is 0 Å². The summed E-state index contributed by atoms with van der Waals surface area (Å²) in [6, 6.07) is 11.5. The first-order valence-corrected chi connectivity index (χ1v) is 8.32. The van der Waals surface area contributed by atoms with Gasteiger partial charge in [0, 0.05) is 17.5 Å². The van der Waals surface area contributed by atoms with Crippen LogP contribution in [-0.2, 0) is 13.0 Å². The van der Waals surface area contributed by atoms with Crippen molar-refractivity contribution in [3.63, 3.8) is 0 Å². The first-order chi connectivity index (χ1) is 8.78. The van der Waals surface area contributed by atoms with Crippen molar-refractivity contribution in [3.05, 3.63) is 52.2 Å². The minimum atomic E-state index is 0.514. The van der Waals surface area contributed by atoms with E-state index in [1.807, 2.05) is 0 Å². The summed E-state index contributed by atoms with van der Waals surface area (Å²) in [4.78, 5) is 1.32. The normalized spacial score (nSPS) is 12.6. The van der Waals surface area contributed by atoms with Crippen molar-refractivity contribution in [2.75, 3.05) is 6.26 Å². The summed E-state index contributed by atoms with van der Waals surface area (Å²) in [7, 11) is 0. The van der Waals surface area contributed by atoms with Crippen LogP contribution in [0.25, 0.3) is 0 Å². The lowest BCUT2D eigenvalue weighted by Crippen LogP contribution is -2.27. The van der Waals surface area contributed by atoms with Gasteiger partial charge in [-0.3, -0.25) is 0 Å². The van der Waals surface area contributed by atoms with Crippen LogP contribution in [0.4, 0.5) is 0 Å². The van der Waals surface area contributed by atoms with E-state index in [9.17, 15) is 0 Å². The maximum absolute atomic E-state index is 3.57. The summed E-state index contributed by atoms with van der Waals surface area (Å²) >= 11 is 3.56. The van der Waals surface area contributed by atoms with E-state index in [1.165, 1.54) is 16.0 Å². The zero-order valence-corrected chi connectivity index (χ0v) is 12.5. The van der Waals surface area contributed by atoms with Gasteiger partial charge in [0.15, 0.2) is 0 Å². The highest BCUT2D eigenvalue weighted by Crippen LogP contribution is 2.15. The monoisotopic (exact) mass is 277 g/mol. The lowest BCUT2D eigenvalue weighted by molar-refractivity contribution is 0.546. The molecule has 0 saturated heterocycles. The van der Waals surface area contributed by atoms with Gasteiger partial charge in [-0.25, -0.2) is 0 Å². The molecule has 1 unspecified atom stereocenters. The SMILES string of the molecule is CSc1ccc(CNC(C)Cc2ccsc2)cc1. The molecule has 1 aromatic carbocycles. The molecule has 18 heavy (non-hydrogen) atoms. The number of nitrogens with one attached hydrogen (secondary N) is 1. The molecule has 0 aliphatic carbocycles. The third-order valence-corrected chi connectivity index (χ3v) is 4.41. The average Bonchev–Trinajstić information content (AvgIpc) is 2.90. The van der Waals surface area contributed by atoms with Gasteiger partial charge in [-0.2, -0.15) is 11.3 Å². The number of thioether (sulfide) groups is 1. The van der Waals surface area contributed by atoms with Crippen LogP contribution in [0.3, 0.4) is 0 Å². The molecule has 1 nitrogen and oxygen atoms in total. The van der Waals surface area contributed by atoms with E-state index < -0.39 is 0 Å². The molecule has 3 heteroatoms. The van der Waals surface area contributed by atoms with E-state index in [-0.39, 0.29) is 0 Å². The highest BCUT2D eigenvalue weighted by molar-refractivity contribution is 7.98. The van der Waals surface area contributed by atoms with Crippen LogP contribution in [0, 0.1) is 0 Å². The van der Waals surface area contributed by atoms with Crippen LogP contribution in [-0.4, -0.2) is 12.3 Å². The molecule has 1 heterocycles. The molecule has 0 saturated carbocycles. The summed E-state index contributed by atoms with van der Waals surface area (Å²) in [5.41, 5.74) is 2.78. The number of benzene rings is 1. The second-order valence-electron chi connectivity index (χ2n) is 4.47. The molecule has 0 radical (unpaired) electrons. The van der Waals surface area contributed by atoms with E-state index in [1.54, 1.807) is 23.1 Å². The summed E-state index contributed by atoms with van der Waals surface area (Å²) in [5, 5.41) is 7.94. The molecule has 0 spiro atoms. The molecule has 1 atom stereocenters. The number of thiophene rings is 1. The minimum absolute atomic E-state index is 0.514. The third kappa shape index (κ3) is 4.16. The van der Waals surface area contributed by atoms with Gasteiger partial charge < -0.3 is 5.32 Å². The van der Waals surface area contributed by atoms with E-state index in [0.29, 0.717) is 6.04 Å². The second-order valence-corrected chi connectivity index (χ2v) is 6.13. The van der Waals surface area contributed by atoms with Gasteiger partial charge in [0.25, 0.3) is 0 Å². The van der Waals surface area contributed by atoms with Crippen LogP contribution in [0.2, 0.25) is 0 Å². The number of hydrogen-bond acceptors (Lipinski definition) is 3. The highest BCUT2D eigenvalue weighted by Gasteiger charge is 2.03. The maximum atomic E-state index is 3.57. The van der Waals surface area contributed by atoms with Crippen molar-refractivity contribution in [2.45, 2.75) is 30.8 Å². The minimum Gasteiger partial charge on any atom is -0.310 e. The lowest BCUT2D eigenvalue weighted by atomic mass is 10.1. The van der Waals surface area contributed by atoms with E-state index >= 15 is 0 Å². The molecule has 0 bridgehead atoms. The maximum Gasteiger partial charge on any atom is 0.0208 e. The Morgan fingerprint density at radius 1 is 1.17 bits per heavy atom. The van der Waals surface area contributed by atoms with E-state index in [0.717, 1.165) is 13.0 Å².